The van der Waals surface area contributed by atoms with Gasteiger partial charge in [-0.2, -0.15) is 10.4 Å². The summed E-state index contributed by atoms with van der Waals surface area (Å²) >= 11 is 0. The predicted octanol–water partition coefficient (Wildman–Crippen LogP) is 4.20. The van der Waals surface area contributed by atoms with Crippen LogP contribution in [-0.4, -0.2) is 30.2 Å². The molecule has 0 atom stereocenters. The molecule has 0 bridgehead atoms. The van der Waals surface area contributed by atoms with Gasteiger partial charge >= 0.3 is 5.76 Å². The lowest BCUT2D eigenvalue weighted by Crippen LogP contribution is -2.18. The monoisotopic (exact) mass is 509 g/mol. The third-order valence-electron chi connectivity index (χ3n) is 6.39. The Bertz CT molecular complexity index is 1780. The number of nitriles is 1. The molecule has 5 aromatic rings. The molecule has 1 amide bonds. The van der Waals surface area contributed by atoms with Crippen LogP contribution in [0.5, 0.6) is 0 Å². The highest BCUT2D eigenvalue weighted by Crippen LogP contribution is 2.36. The first-order chi connectivity index (χ1) is 18.2. The first-order valence-electron chi connectivity index (χ1n) is 12.4. The predicted molar refractivity (Wildman–Crippen MR) is 142 cm³/mol. The number of nitrogens with two attached hydrogens (primary N) is 1. The summed E-state index contributed by atoms with van der Waals surface area (Å²) in [7, 11) is 0. The summed E-state index contributed by atoms with van der Waals surface area (Å²) in [6.45, 7) is 8.33. The van der Waals surface area contributed by atoms with E-state index in [1.165, 1.54) is 10.8 Å². The van der Waals surface area contributed by atoms with Gasteiger partial charge in [-0.25, -0.2) is 14.5 Å². The lowest BCUT2D eigenvalue weighted by atomic mass is 9.92. The average molecular weight is 510 g/mol. The Balaban J connectivity index is 1.70. The van der Waals surface area contributed by atoms with Crippen molar-refractivity contribution >= 4 is 28.0 Å². The average Bonchev–Trinajstić information content (AvgIpc) is 3.43. The number of primary amides is 1. The van der Waals surface area contributed by atoms with E-state index in [4.69, 9.17) is 20.4 Å². The lowest BCUT2D eigenvalue weighted by Gasteiger charge is -2.16. The molecule has 0 radical (unpaired) electrons. The van der Waals surface area contributed by atoms with Crippen LogP contribution in [0.2, 0.25) is 0 Å². The smallest absolute Gasteiger partial charge is 0.408 e. The van der Waals surface area contributed by atoms with Crippen LogP contribution < -0.4 is 11.5 Å². The molecular weight excluding hydrogens is 482 g/mol. The quantitative estimate of drug-likeness (QED) is 0.346. The van der Waals surface area contributed by atoms with Gasteiger partial charge in [0.1, 0.15) is 6.07 Å². The Hall–Kier alpha value is -4.78. The van der Waals surface area contributed by atoms with Crippen molar-refractivity contribution in [3.05, 3.63) is 75.8 Å². The largest absolute Gasteiger partial charge is 0.420 e. The van der Waals surface area contributed by atoms with Crippen molar-refractivity contribution in [2.75, 3.05) is 0 Å². The second-order valence-corrected chi connectivity index (χ2v) is 9.98. The molecule has 1 aromatic carbocycles. The van der Waals surface area contributed by atoms with E-state index in [2.05, 4.69) is 23.9 Å². The maximum atomic E-state index is 12.8. The molecule has 2 N–H and O–H groups in total. The van der Waals surface area contributed by atoms with Crippen LogP contribution in [0.25, 0.3) is 33.3 Å². The van der Waals surface area contributed by atoms with Crippen LogP contribution in [0.3, 0.4) is 0 Å². The van der Waals surface area contributed by atoms with Crippen LogP contribution in [0.4, 0.5) is 0 Å². The third kappa shape index (κ3) is 4.32. The van der Waals surface area contributed by atoms with Crippen LogP contribution in [0.1, 0.15) is 61.0 Å². The normalized spacial score (nSPS) is 11.6. The van der Waals surface area contributed by atoms with Crippen molar-refractivity contribution in [1.82, 2.24) is 24.3 Å². The van der Waals surface area contributed by atoms with Gasteiger partial charge < -0.3 is 10.2 Å². The fourth-order valence-electron chi connectivity index (χ4n) is 4.70. The van der Waals surface area contributed by atoms with Crippen LogP contribution in [0.15, 0.2) is 51.9 Å². The van der Waals surface area contributed by atoms with Gasteiger partial charge in [-0.05, 0) is 56.0 Å². The van der Waals surface area contributed by atoms with Gasteiger partial charge in [0.25, 0.3) is 5.91 Å². The number of benzene rings is 1. The number of oxazole rings is 1. The highest BCUT2D eigenvalue weighted by Gasteiger charge is 2.25. The highest BCUT2D eigenvalue weighted by atomic mass is 16.4. The number of carbonyl (C=O) groups excluding carboxylic acids is 1. The Labute approximate surface area is 218 Å². The van der Waals surface area contributed by atoms with Crippen LogP contribution in [0, 0.1) is 17.2 Å². The fourth-order valence-corrected chi connectivity index (χ4v) is 4.70. The van der Waals surface area contributed by atoms with E-state index in [1.807, 2.05) is 30.7 Å². The molecule has 4 heterocycles. The van der Waals surface area contributed by atoms with Crippen molar-refractivity contribution in [1.29, 1.82) is 5.26 Å². The van der Waals surface area contributed by atoms with E-state index in [-0.39, 0.29) is 18.5 Å². The zero-order chi connectivity index (χ0) is 27.1. The summed E-state index contributed by atoms with van der Waals surface area (Å²) in [4.78, 5) is 34.7. The number of hydrogen-bond acceptors (Lipinski definition) is 7. The van der Waals surface area contributed by atoms with Crippen molar-refractivity contribution in [3.8, 4) is 17.2 Å². The van der Waals surface area contributed by atoms with Gasteiger partial charge in [-0.3, -0.25) is 14.3 Å². The summed E-state index contributed by atoms with van der Waals surface area (Å²) in [6.07, 6.45) is 3.73. The number of aromatic nitrogens is 5. The number of pyridine rings is 2. The zero-order valence-electron chi connectivity index (χ0n) is 21.6. The summed E-state index contributed by atoms with van der Waals surface area (Å²) in [5.41, 5.74) is 10.8. The molecule has 0 spiro atoms. The van der Waals surface area contributed by atoms with Crippen molar-refractivity contribution in [3.63, 3.8) is 0 Å². The highest BCUT2D eigenvalue weighted by molar-refractivity contribution is 6.09. The van der Waals surface area contributed by atoms with E-state index in [9.17, 15) is 9.59 Å². The molecule has 0 saturated heterocycles. The van der Waals surface area contributed by atoms with Crippen molar-refractivity contribution in [2.24, 2.45) is 11.7 Å². The number of carbonyl (C=O) groups is 1. The minimum Gasteiger partial charge on any atom is -0.408 e. The molecule has 5 rings (SSSR count). The second-order valence-electron chi connectivity index (χ2n) is 9.98. The van der Waals surface area contributed by atoms with E-state index < -0.39 is 11.7 Å². The number of amides is 1. The Morgan fingerprint density at radius 3 is 2.58 bits per heavy atom. The molecule has 0 aliphatic rings. The van der Waals surface area contributed by atoms with Crippen molar-refractivity contribution < 1.29 is 9.21 Å². The molecule has 10 heteroatoms. The Morgan fingerprint density at radius 2 is 1.95 bits per heavy atom. The molecule has 0 saturated carbocycles. The van der Waals surface area contributed by atoms with Gasteiger partial charge in [0.15, 0.2) is 11.2 Å². The lowest BCUT2D eigenvalue weighted by molar-refractivity contribution is 0.0999. The maximum absolute atomic E-state index is 12.8. The fraction of sp³-hybridized carbons (Fsp3) is 0.286. The molecular formula is C28H27N7O3. The number of fused-ring (bicyclic) bond motifs is 2. The number of nitrogens with zero attached hydrogens (tertiary/aromatic N) is 6. The zero-order valence-corrected chi connectivity index (χ0v) is 21.6. The van der Waals surface area contributed by atoms with Crippen LogP contribution in [-0.2, 0) is 13.0 Å². The molecule has 0 fully saturated rings. The number of hydrogen-bond donors (Lipinski definition) is 1. The molecule has 0 unspecified atom stereocenters. The molecule has 0 aliphatic heterocycles. The molecule has 10 nitrogen and oxygen atoms in total. The molecule has 4 aromatic heterocycles. The van der Waals surface area contributed by atoms with Gasteiger partial charge in [0.2, 0.25) is 0 Å². The second kappa shape index (κ2) is 9.59. The third-order valence-corrected chi connectivity index (χ3v) is 6.39. The van der Waals surface area contributed by atoms with E-state index in [1.54, 1.807) is 30.5 Å². The number of rotatable bonds is 7. The Morgan fingerprint density at radius 1 is 1.16 bits per heavy atom. The van der Waals surface area contributed by atoms with Gasteiger partial charge in [-0.1, -0.05) is 19.9 Å². The van der Waals surface area contributed by atoms with Gasteiger partial charge in [0, 0.05) is 23.2 Å². The SMILES string of the molecule is CC(C)Cc1nc2c(cnn2C(C)C)c(-c2ccc3c(c2)oc(=O)n3Cc2ccc(C#N)cn2)c1C(N)=O. The van der Waals surface area contributed by atoms with E-state index in [0.717, 1.165) is 0 Å². The molecule has 0 aliphatic carbocycles. The molecule has 192 valence electrons. The first kappa shape index (κ1) is 24.9. The summed E-state index contributed by atoms with van der Waals surface area (Å²) in [5, 5.41) is 14.2. The van der Waals surface area contributed by atoms with Gasteiger partial charge in [-0.15, -0.1) is 0 Å². The van der Waals surface area contributed by atoms with Gasteiger partial charge in [0.05, 0.1) is 40.8 Å². The van der Waals surface area contributed by atoms with Crippen LogP contribution >= 0.6 is 0 Å². The minimum atomic E-state index is -0.576. The summed E-state index contributed by atoms with van der Waals surface area (Å²) in [5.74, 6) is -0.869. The standard InChI is InChI=1S/C28H27N7O3/c1-15(2)9-21-25(26(30)36)24(20-13-32-35(16(3)4)27(20)33-21)18-6-8-22-23(10-18)38-28(37)34(22)14-19-7-5-17(11-29)12-31-19/h5-8,10,12-13,15-16H,9,14H2,1-4H3,(H2,30,36). The Kier molecular flexibility index (Phi) is 6.28. The summed E-state index contributed by atoms with van der Waals surface area (Å²) < 4.78 is 8.91. The van der Waals surface area contributed by atoms with E-state index >= 15 is 0 Å². The van der Waals surface area contributed by atoms with Crippen molar-refractivity contribution in [2.45, 2.75) is 46.7 Å². The summed E-state index contributed by atoms with van der Waals surface area (Å²) in [6, 6.07) is 10.8. The maximum Gasteiger partial charge on any atom is 0.420 e. The van der Waals surface area contributed by atoms with E-state index in [0.29, 0.717) is 62.2 Å². The first-order valence-corrected chi connectivity index (χ1v) is 12.4. The minimum absolute atomic E-state index is 0.0598. The topological polar surface area (TPSA) is 146 Å². The molecule has 38 heavy (non-hydrogen) atoms.